The normalized spacial score (nSPS) is 20.5. The van der Waals surface area contributed by atoms with E-state index in [2.05, 4.69) is 83.0 Å². The predicted octanol–water partition coefficient (Wildman–Crippen LogP) is 9.03. The van der Waals surface area contributed by atoms with Crippen molar-refractivity contribution in [3.8, 4) is 34.3 Å². The van der Waals surface area contributed by atoms with Crippen molar-refractivity contribution in [2.24, 2.45) is 13.0 Å². The number of hydrogen-bond acceptors (Lipinski definition) is 15. The van der Waals surface area contributed by atoms with Gasteiger partial charge in [-0.1, -0.05) is 68.4 Å². The number of benzene rings is 3. The minimum absolute atomic E-state index is 0.0352. The number of aryl methyl sites for hydroxylation is 2. The number of rotatable bonds is 17. The molecule has 0 saturated carbocycles. The molecule has 2 bridgehead atoms. The number of carbonyl (C=O) groups is 2. The Morgan fingerprint density at radius 3 is 2.34 bits per heavy atom. The van der Waals surface area contributed by atoms with Gasteiger partial charge in [-0.3, -0.25) is 29.1 Å². The van der Waals surface area contributed by atoms with Gasteiger partial charge in [-0.05, 0) is 110 Å². The number of carbonyl (C=O) groups excluding carboxylic acids is 2. The van der Waals surface area contributed by atoms with E-state index in [0.717, 1.165) is 97.1 Å². The van der Waals surface area contributed by atoms with Gasteiger partial charge in [0.15, 0.2) is 17.4 Å². The average molecular weight is 1270 g/mol. The standard InChI is InChI=1S/C50H64F2N10O4.C13H15N3O.CH3.Sb/c1-5-33-9-6-10-34-24-37(63)25-38(43(33)34)45-44(51)46-39(27-53-45)47(61-28-35-11-12-36(29-61)54-35)56-49(55-46)65-23-22-58-16-13-50(52,14-17-58)30-59-18-20-60(21-19-59)41-26-40(66-57-41)42(31(2)3)48(64)62-15-7-8-32(62)4;1-10(14-9-17)11-3-5-12(6-4-11)13-7-8-15-16(13)2;;/h6,9-10,24-27,31-32,35-36,42,54,63H,5,7-8,11-23,28-30H2,1-4H3;3-10H,1-2H3,(H,14,17);1H3;. The molecule has 0 aliphatic carbocycles. The number of fused-ring (bicyclic) bond motifs is 4. The van der Waals surface area contributed by atoms with E-state index in [0.29, 0.717) is 99.8 Å². The van der Waals surface area contributed by atoms with Crippen LogP contribution in [0.3, 0.4) is 0 Å². The van der Waals surface area contributed by atoms with E-state index < -0.39 is 11.5 Å². The number of hydrogen-bond donors (Lipinski definition) is 3. The van der Waals surface area contributed by atoms with Gasteiger partial charge < -0.3 is 39.7 Å². The van der Waals surface area contributed by atoms with Crippen LogP contribution in [0.5, 0.6) is 11.8 Å². The topological polar surface area (TPSA) is 186 Å². The number of aromatic nitrogens is 6. The molecule has 21 heteroatoms. The summed E-state index contributed by atoms with van der Waals surface area (Å²) in [7, 11) is 1.92. The maximum absolute atomic E-state index is 17.0. The van der Waals surface area contributed by atoms with E-state index in [1.165, 1.54) is 0 Å². The molecule has 5 aliphatic heterocycles. The van der Waals surface area contributed by atoms with E-state index >= 15 is 8.78 Å². The summed E-state index contributed by atoms with van der Waals surface area (Å²) in [5, 5.41) is 27.8. The van der Waals surface area contributed by atoms with Crippen LogP contribution < -0.4 is 25.2 Å². The molecular weight excluding hydrogens is 1190 g/mol. The van der Waals surface area contributed by atoms with Crippen LogP contribution in [0.25, 0.3) is 44.2 Å². The molecule has 5 aliphatic rings. The first-order valence-electron chi connectivity index (χ1n) is 30.3. The Morgan fingerprint density at radius 2 is 1.68 bits per heavy atom. The maximum atomic E-state index is 17.0. The fourth-order valence-electron chi connectivity index (χ4n) is 13.1. The van der Waals surface area contributed by atoms with Crippen LogP contribution in [0.15, 0.2) is 83.6 Å². The molecule has 2 radical (unpaired) electrons. The zero-order chi connectivity index (χ0) is 59.9. The predicted molar refractivity (Wildman–Crippen MR) is 329 cm³/mol. The van der Waals surface area contributed by atoms with Gasteiger partial charge in [-0.15, -0.1) is 0 Å². The van der Waals surface area contributed by atoms with Gasteiger partial charge in [0.1, 0.15) is 41.0 Å². The third-order valence-corrected chi connectivity index (χ3v) is 17.9. The average Bonchev–Trinajstić information content (AvgIpc) is 1.82. The second-order valence-corrected chi connectivity index (χ2v) is 23.8. The number of likely N-dealkylation sites (tertiary alicyclic amines) is 2. The molecule has 5 unspecified atom stereocenters. The van der Waals surface area contributed by atoms with Crippen molar-refractivity contribution in [2.75, 3.05) is 88.4 Å². The number of alkyl halides is 1. The monoisotopic (exact) mass is 1270 g/mol. The van der Waals surface area contributed by atoms with E-state index in [4.69, 9.17) is 14.2 Å². The Hall–Kier alpha value is -6.47. The zero-order valence-electron chi connectivity index (χ0n) is 50.2. The Kier molecular flexibility index (Phi) is 19.9. The Balaban J connectivity index is 0.000000361. The summed E-state index contributed by atoms with van der Waals surface area (Å²) in [5.41, 5.74) is 3.78. The van der Waals surface area contributed by atoms with E-state index in [1.54, 1.807) is 47.5 Å². The molecule has 3 aromatic carbocycles. The Morgan fingerprint density at radius 1 is 0.941 bits per heavy atom. The first kappa shape index (κ1) is 61.6. The SMILES string of the molecule is CC(NC=O)c1ccc(-c2ccnn2C)cc1.CCc1cccc2cc(O)cc(-c3ncc4c(N5CC6CCC(C5)N6)nc(OCCN5CCC(F)(CN6CCN(c7cc(C(C(=O)N8CCCC8C)C(C)C)on7)CC6)CC5)nc4c3F)c12.[CH3][Sb]. The molecule has 4 aromatic heterocycles. The van der Waals surface area contributed by atoms with Crippen LogP contribution >= 0.6 is 0 Å². The van der Waals surface area contributed by atoms with Crippen molar-refractivity contribution >= 4 is 68.7 Å². The van der Waals surface area contributed by atoms with Gasteiger partial charge in [0, 0.05) is 121 Å². The summed E-state index contributed by atoms with van der Waals surface area (Å²) < 4.78 is 47.4. The molecule has 12 rings (SSSR count). The summed E-state index contributed by atoms with van der Waals surface area (Å²) in [6.07, 6.45) is 9.96. The van der Waals surface area contributed by atoms with E-state index in [1.807, 2.05) is 78.2 Å². The summed E-state index contributed by atoms with van der Waals surface area (Å²) in [5.74, 6) is 1.25. The Bertz CT molecular complexity index is 3390. The minimum atomic E-state index is -1.29. The molecule has 3 N–H and O–H groups in total. The van der Waals surface area contributed by atoms with Crippen LogP contribution in [0.4, 0.5) is 20.4 Å². The van der Waals surface area contributed by atoms with Gasteiger partial charge in [0.2, 0.25) is 12.3 Å². The van der Waals surface area contributed by atoms with E-state index in [-0.39, 0.29) is 59.4 Å². The van der Waals surface area contributed by atoms with Crippen molar-refractivity contribution in [2.45, 2.75) is 120 Å². The van der Waals surface area contributed by atoms with Crippen LogP contribution in [-0.4, -0.2) is 187 Å². The molecule has 5 fully saturated rings. The van der Waals surface area contributed by atoms with Gasteiger partial charge >= 0.3 is 33.9 Å². The summed E-state index contributed by atoms with van der Waals surface area (Å²) >= 11 is 1.75. The Labute approximate surface area is 511 Å². The number of halogens is 2. The van der Waals surface area contributed by atoms with Gasteiger partial charge in [-0.2, -0.15) is 15.1 Å². The number of nitrogens with one attached hydrogen (secondary N) is 2. The number of ether oxygens (including phenoxy) is 1. The molecule has 85 heavy (non-hydrogen) atoms. The van der Waals surface area contributed by atoms with Crippen molar-refractivity contribution in [1.82, 2.24) is 55.2 Å². The van der Waals surface area contributed by atoms with Crippen molar-refractivity contribution < 1.29 is 32.7 Å². The molecule has 9 heterocycles. The molecule has 7 aromatic rings. The third kappa shape index (κ3) is 13.9. The second-order valence-electron chi connectivity index (χ2n) is 23.8. The summed E-state index contributed by atoms with van der Waals surface area (Å²) in [6, 6.07) is 22.2. The number of phenols is 1. The van der Waals surface area contributed by atoms with Crippen molar-refractivity contribution in [3.63, 3.8) is 0 Å². The molecular formula is C64H82F2N13O5Sb. The number of amides is 2. The number of piperazine rings is 2. The fourth-order valence-corrected chi connectivity index (χ4v) is 13.1. The molecule has 18 nitrogen and oxygen atoms in total. The number of aromatic hydroxyl groups is 1. The summed E-state index contributed by atoms with van der Waals surface area (Å²) in [6.45, 7) is 17.8. The quantitative estimate of drug-likeness (QED) is 0.0579. The van der Waals surface area contributed by atoms with Crippen LogP contribution in [0.1, 0.15) is 102 Å². The number of pyridine rings is 1. The van der Waals surface area contributed by atoms with Gasteiger partial charge in [0.25, 0.3) is 0 Å². The molecule has 0 spiro atoms. The second kappa shape index (κ2) is 27.5. The number of piperidine rings is 1. The molecule has 452 valence electrons. The van der Waals surface area contributed by atoms with Crippen molar-refractivity contribution in [1.29, 1.82) is 0 Å². The fraction of sp³-hybridized carbons (Fsp3) is 0.516. The van der Waals surface area contributed by atoms with Crippen LogP contribution in [0.2, 0.25) is 4.87 Å². The molecule has 5 saturated heterocycles. The van der Waals surface area contributed by atoms with E-state index in [9.17, 15) is 14.7 Å². The van der Waals surface area contributed by atoms with Gasteiger partial charge in [0.05, 0.1) is 17.1 Å². The molecule has 2 amide bonds. The first-order valence-corrected chi connectivity index (χ1v) is 32.8. The zero-order valence-corrected chi connectivity index (χ0v) is 52.7. The summed E-state index contributed by atoms with van der Waals surface area (Å²) in [4.78, 5) is 51.0. The number of anilines is 2. The number of phenolic OH excluding ortho intramolecular Hbond substituents is 1. The third-order valence-electron chi connectivity index (χ3n) is 17.9. The van der Waals surface area contributed by atoms with Crippen molar-refractivity contribution in [3.05, 3.63) is 102 Å². The molecule has 5 atom stereocenters. The van der Waals surface area contributed by atoms with Crippen LogP contribution in [-0.2, 0) is 23.1 Å². The first-order chi connectivity index (χ1) is 41.1. The van der Waals surface area contributed by atoms with Crippen LogP contribution in [0, 0.1) is 11.7 Å². The van der Waals surface area contributed by atoms with Gasteiger partial charge in [-0.25, -0.2) is 8.78 Å². The number of nitrogens with zero attached hydrogens (tertiary/aromatic N) is 11.